The van der Waals surface area contributed by atoms with Gasteiger partial charge in [-0.2, -0.15) is 0 Å². The monoisotopic (exact) mass is 381 g/mol. The average molecular weight is 382 g/mol. The molecular weight excluding hydrogens is 361 g/mol. The van der Waals surface area contributed by atoms with Crippen LogP contribution in [-0.4, -0.2) is 0 Å². The van der Waals surface area contributed by atoms with Gasteiger partial charge in [-0.1, -0.05) is 0 Å². The van der Waals surface area contributed by atoms with Gasteiger partial charge in [0.1, 0.15) is 0 Å². The summed E-state index contributed by atoms with van der Waals surface area (Å²) >= 11 is -0.271. The first-order chi connectivity index (χ1) is 10.3. The minimum Gasteiger partial charge on any atom is -0.147 e. The summed E-state index contributed by atoms with van der Waals surface area (Å²) in [5.74, 6) is 0. The third-order valence-electron chi connectivity index (χ3n) is 3.75. The number of hydrogen-bond donors (Lipinski definition) is 1. The van der Waals surface area contributed by atoms with Crippen molar-refractivity contribution in [1.82, 2.24) is 0 Å². The Bertz CT molecular complexity index is 668. The predicted octanol–water partition coefficient (Wildman–Crippen LogP) is 6.04. The van der Waals surface area contributed by atoms with Crippen LogP contribution >= 0.6 is 24.8 Å². The minimum absolute atomic E-state index is 0. The Morgan fingerprint density at radius 2 is 1.65 bits per heavy atom. The second-order valence-corrected chi connectivity index (χ2v) is 7.46. The zero-order valence-electron chi connectivity index (χ0n) is 13.0. The van der Waals surface area contributed by atoms with Gasteiger partial charge in [-0.05, 0) is 0 Å². The molecule has 1 unspecified atom stereocenters. The summed E-state index contributed by atoms with van der Waals surface area (Å²) in [6.07, 6.45) is 7.70. The van der Waals surface area contributed by atoms with Crippen molar-refractivity contribution in [3.63, 3.8) is 0 Å². The van der Waals surface area contributed by atoms with E-state index in [1.54, 1.807) is 0 Å². The molecule has 120 valence electrons. The fourth-order valence-corrected chi connectivity index (χ4v) is 4.10. The van der Waals surface area contributed by atoms with Gasteiger partial charge in [0.25, 0.3) is 0 Å². The third kappa shape index (κ3) is 5.26. The fraction of sp³-hybridized carbons (Fsp3) is 0.158. The van der Waals surface area contributed by atoms with E-state index >= 15 is 0 Å². The van der Waals surface area contributed by atoms with E-state index in [9.17, 15) is 0 Å². The summed E-state index contributed by atoms with van der Waals surface area (Å²) in [5, 5.41) is 0. The maximum atomic E-state index is 3.65. The van der Waals surface area contributed by atoms with Crippen LogP contribution in [0.2, 0.25) is 0 Å². The molecule has 0 saturated carbocycles. The van der Waals surface area contributed by atoms with E-state index in [0.717, 1.165) is 6.42 Å². The number of hydrogen-bond acceptors (Lipinski definition) is 1. The summed E-state index contributed by atoms with van der Waals surface area (Å²) in [4.78, 5) is 0. The number of anilines is 1. The predicted molar refractivity (Wildman–Crippen MR) is 101 cm³/mol. The van der Waals surface area contributed by atoms with Crippen LogP contribution in [0.4, 0.5) is 5.69 Å². The van der Waals surface area contributed by atoms with E-state index in [1.165, 1.54) is 22.4 Å². The van der Waals surface area contributed by atoms with Crippen molar-refractivity contribution >= 4 is 36.1 Å². The van der Waals surface area contributed by atoms with E-state index in [-0.39, 0.29) is 44.2 Å². The summed E-state index contributed by atoms with van der Waals surface area (Å²) in [7, 11) is 0. The quantitative estimate of drug-likeness (QED) is 0.622. The van der Waals surface area contributed by atoms with Crippen molar-refractivity contribution in [2.24, 2.45) is 0 Å². The largest absolute Gasteiger partial charge is 0.147 e. The van der Waals surface area contributed by atoms with E-state index in [4.69, 9.17) is 0 Å². The van der Waals surface area contributed by atoms with Gasteiger partial charge in [0.2, 0.25) is 0 Å². The number of benzene rings is 2. The second-order valence-electron chi connectivity index (χ2n) is 5.27. The molecule has 0 bridgehead atoms. The Kier molecular flexibility index (Phi) is 8.72. The molecule has 0 heterocycles. The molecule has 0 radical (unpaired) electrons. The summed E-state index contributed by atoms with van der Waals surface area (Å²) < 4.78 is 4.25. The first-order valence-corrected chi connectivity index (χ1v) is 9.04. The molecule has 0 aliphatic heterocycles. The molecule has 1 nitrogen and oxygen atoms in total. The number of allylic oxidation sites excluding steroid dienone is 4. The van der Waals surface area contributed by atoms with Crippen LogP contribution in [0.25, 0.3) is 5.57 Å². The number of para-hydroxylation sites is 1. The van der Waals surface area contributed by atoms with E-state index in [0.29, 0.717) is 4.22 Å². The van der Waals surface area contributed by atoms with Crippen LogP contribution in [0.15, 0.2) is 72.8 Å². The molecule has 0 amide bonds. The standard InChI is InChI=1S/C13H13.C6H6N.2ClH.Ti/c1-2-11-7-5-6-10-13(11)12-8-3-4-9-12;7-6-4-2-1-3-5-6;;;/h2-8,10H,9H2,1H3;1-5,7H;2*1H;/q;-1;;;+1. The van der Waals surface area contributed by atoms with Crippen molar-refractivity contribution < 1.29 is 19.4 Å². The zero-order chi connectivity index (χ0) is 14.5. The van der Waals surface area contributed by atoms with Gasteiger partial charge in [0, 0.05) is 0 Å². The molecule has 1 aliphatic carbocycles. The average Bonchev–Trinajstić information content (AvgIpc) is 3.08. The molecule has 0 saturated heterocycles. The van der Waals surface area contributed by atoms with Crippen LogP contribution in [-0.2, 0) is 19.4 Å². The fourth-order valence-electron chi connectivity index (χ4n) is 2.60. The Hall–Kier alpha value is -0.986. The number of rotatable bonds is 5. The second kappa shape index (κ2) is 10.00. The van der Waals surface area contributed by atoms with E-state index in [2.05, 4.69) is 83.5 Å². The molecular formula is C19H21Cl2NTi. The zero-order valence-corrected chi connectivity index (χ0v) is 16.2. The van der Waals surface area contributed by atoms with Gasteiger partial charge >= 0.3 is 136 Å². The number of nitrogens with one attached hydrogen (secondary N) is 1. The van der Waals surface area contributed by atoms with Crippen molar-refractivity contribution in [1.29, 1.82) is 0 Å². The Balaban J connectivity index is 0.00000132. The molecule has 1 atom stereocenters. The minimum atomic E-state index is -0.271. The molecule has 4 heteroatoms. The molecule has 0 spiro atoms. The maximum absolute atomic E-state index is 3.65. The van der Waals surface area contributed by atoms with Crippen LogP contribution in [0.5, 0.6) is 0 Å². The van der Waals surface area contributed by atoms with Gasteiger partial charge in [-0.25, -0.2) is 0 Å². The van der Waals surface area contributed by atoms with Crippen LogP contribution in [0.1, 0.15) is 28.7 Å². The van der Waals surface area contributed by atoms with E-state index in [1.807, 2.05) is 0 Å². The Morgan fingerprint density at radius 1 is 0.957 bits per heavy atom. The molecule has 1 N–H and O–H groups in total. The molecule has 0 aromatic heterocycles. The molecule has 2 aromatic carbocycles. The van der Waals surface area contributed by atoms with Crippen molar-refractivity contribution in [2.75, 3.05) is 3.80 Å². The van der Waals surface area contributed by atoms with Gasteiger partial charge in [0.05, 0.1) is 0 Å². The smallest absolute Gasteiger partial charge is 0.147 e. The first-order valence-electron chi connectivity index (χ1n) is 7.36. The number of halogens is 2. The van der Waals surface area contributed by atoms with Gasteiger partial charge in [-0.3, -0.25) is 0 Å². The molecule has 3 rings (SSSR count). The molecule has 1 aliphatic rings. The van der Waals surface area contributed by atoms with Gasteiger partial charge in [-0.15, -0.1) is 24.8 Å². The van der Waals surface area contributed by atoms with Crippen molar-refractivity contribution in [3.8, 4) is 0 Å². The van der Waals surface area contributed by atoms with Gasteiger partial charge in [0.15, 0.2) is 0 Å². The van der Waals surface area contributed by atoms with Crippen LogP contribution in [0, 0.1) is 0 Å². The summed E-state index contributed by atoms with van der Waals surface area (Å²) in [5.41, 5.74) is 5.59. The van der Waals surface area contributed by atoms with Crippen molar-refractivity contribution in [3.05, 3.63) is 84.0 Å². The Morgan fingerprint density at radius 3 is 2.35 bits per heavy atom. The van der Waals surface area contributed by atoms with E-state index < -0.39 is 0 Å². The van der Waals surface area contributed by atoms with Crippen LogP contribution in [0.3, 0.4) is 0 Å². The third-order valence-corrected chi connectivity index (χ3v) is 5.59. The summed E-state index contributed by atoms with van der Waals surface area (Å²) in [6.45, 7) is 2.34. The normalized spacial score (nSPS) is 13.3. The van der Waals surface area contributed by atoms with Crippen molar-refractivity contribution in [2.45, 2.75) is 17.6 Å². The SMILES string of the molecule is C[CH]([Ti][NH]c1ccccc1)c1ccccc1C1=CC=CC1.Cl.Cl. The Labute approximate surface area is 160 Å². The summed E-state index contributed by atoms with van der Waals surface area (Å²) in [6, 6.07) is 19.4. The topological polar surface area (TPSA) is 12.0 Å². The van der Waals surface area contributed by atoms with Gasteiger partial charge < -0.3 is 0 Å². The van der Waals surface area contributed by atoms with Crippen LogP contribution < -0.4 is 3.80 Å². The molecule has 23 heavy (non-hydrogen) atoms. The maximum Gasteiger partial charge on any atom is -0.147 e. The first kappa shape index (κ1) is 20.1. The molecule has 0 fully saturated rings. The molecule has 2 aromatic rings.